The Hall–Kier alpha value is -2.97. The molecule has 0 amide bonds. The van der Waals surface area contributed by atoms with E-state index in [2.05, 4.69) is 49.4 Å². The van der Waals surface area contributed by atoms with Crippen molar-refractivity contribution in [1.29, 1.82) is 0 Å². The van der Waals surface area contributed by atoms with Gasteiger partial charge in [0.15, 0.2) is 10.3 Å². The van der Waals surface area contributed by atoms with Gasteiger partial charge in [-0.05, 0) is 42.3 Å². The van der Waals surface area contributed by atoms with E-state index < -0.39 is 0 Å². The van der Waals surface area contributed by atoms with Crippen molar-refractivity contribution in [2.75, 3.05) is 23.3 Å². The standard InChI is InChI=1S/C22H20N6S2/c1-3-9-16(10-4-1)18-15-23-21(30-18)25-19-24-20(28-13-7-8-14-28)27-22(26-19)29-17-11-5-2-6-12-17/h1-6,9-12,15H,7-8,13-14H2,(H,23,24,25,26,27). The molecule has 1 N–H and O–H groups in total. The molecule has 1 aliphatic heterocycles. The lowest BCUT2D eigenvalue weighted by molar-refractivity contribution is 0.831. The van der Waals surface area contributed by atoms with E-state index in [1.807, 2.05) is 42.6 Å². The van der Waals surface area contributed by atoms with Crippen LogP contribution in [0.3, 0.4) is 0 Å². The second-order valence-electron chi connectivity index (χ2n) is 6.87. The Morgan fingerprint density at radius 1 is 0.867 bits per heavy atom. The maximum Gasteiger partial charge on any atom is 0.234 e. The lowest BCUT2D eigenvalue weighted by atomic mass is 10.2. The van der Waals surface area contributed by atoms with Gasteiger partial charge in [-0.15, -0.1) is 0 Å². The highest BCUT2D eigenvalue weighted by Crippen LogP contribution is 2.31. The third kappa shape index (κ3) is 4.44. The van der Waals surface area contributed by atoms with Gasteiger partial charge < -0.3 is 4.90 Å². The van der Waals surface area contributed by atoms with Gasteiger partial charge in [0.05, 0.1) is 4.88 Å². The Bertz CT molecular complexity index is 1110. The molecule has 0 atom stereocenters. The molecule has 6 nitrogen and oxygen atoms in total. The van der Waals surface area contributed by atoms with Gasteiger partial charge in [-0.2, -0.15) is 15.0 Å². The fourth-order valence-electron chi connectivity index (χ4n) is 3.26. The van der Waals surface area contributed by atoms with Gasteiger partial charge in [-0.3, -0.25) is 5.32 Å². The third-order valence-electron chi connectivity index (χ3n) is 4.73. The summed E-state index contributed by atoms with van der Waals surface area (Å²) in [6, 6.07) is 20.4. The molecule has 30 heavy (non-hydrogen) atoms. The lowest BCUT2D eigenvalue weighted by Crippen LogP contribution is -2.21. The first-order chi connectivity index (χ1) is 14.8. The Kier molecular flexibility index (Phi) is 5.58. The normalized spacial score (nSPS) is 13.5. The molecule has 0 spiro atoms. The minimum atomic E-state index is 0.527. The molecular weight excluding hydrogens is 412 g/mol. The lowest BCUT2D eigenvalue weighted by Gasteiger charge is -2.16. The largest absolute Gasteiger partial charge is 0.341 e. The maximum atomic E-state index is 4.71. The zero-order valence-corrected chi connectivity index (χ0v) is 17.9. The van der Waals surface area contributed by atoms with Crippen molar-refractivity contribution in [3.63, 3.8) is 0 Å². The summed E-state index contributed by atoms with van der Waals surface area (Å²) in [7, 11) is 0. The van der Waals surface area contributed by atoms with Crippen LogP contribution in [0.1, 0.15) is 12.8 Å². The highest BCUT2D eigenvalue weighted by molar-refractivity contribution is 7.99. The van der Waals surface area contributed by atoms with E-state index in [4.69, 9.17) is 4.98 Å². The van der Waals surface area contributed by atoms with E-state index in [1.54, 1.807) is 23.1 Å². The number of nitrogens with zero attached hydrogens (tertiary/aromatic N) is 5. The van der Waals surface area contributed by atoms with Crippen LogP contribution < -0.4 is 10.2 Å². The molecule has 1 aliphatic rings. The van der Waals surface area contributed by atoms with E-state index in [-0.39, 0.29) is 0 Å². The number of aromatic nitrogens is 4. The first-order valence-electron chi connectivity index (χ1n) is 9.86. The molecule has 2 aromatic carbocycles. The van der Waals surface area contributed by atoms with Crippen molar-refractivity contribution in [3.8, 4) is 10.4 Å². The Morgan fingerprint density at radius 3 is 2.37 bits per heavy atom. The number of hydrogen-bond donors (Lipinski definition) is 1. The van der Waals surface area contributed by atoms with Crippen molar-refractivity contribution < 1.29 is 0 Å². The van der Waals surface area contributed by atoms with Gasteiger partial charge in [0.1, 0.15) is 0 Å². The Labute approximate surface area is 183 Å². The average Bonchev–Trinajstić information content (AvgIpc) is 3.48. The van der Waals surface area contributed by atoms with Crippen molar-refractivity contribution in [1.82, 2.24) is 19.9 Å². The highest BCUT2D eigenvalue weighted by Gasteiger charge is 2.18. The molecule has 0 aliphatic carbocycles. The number of thiazole rings is 1. The van der Waals surface area contributed by atoms with Gasteiger partial charge in [0.25, 0.3) is 0 Å². The predicted octanol–water partition coefficient (Wildman–Crippen LogP) is 5.49. The molecule has 0 bridgehead atoms. The summed E-state index contributed by atoms with van der Waals surface area (Å²) in [5.41, 5.74) is 1.15. The fraction of sp³-hybridized carbons (Fsp3) is 0.182. The maximum absolute atomic E-state index is 4.71. The summed E-state index contributed by atoms with van der Waals surface area (Å²) in [5.74, 6) is 1.25. The van der Waals surface area contributed by atoms with Crippen LogP contribution in [0.2, 0.25) is 0 Å². The zero-order valence-electron chi connectivity index (χ0n) is 16.2. The molecule has 1 fully saturated rings. The first kappa shape index (κ1) is 19.0. The second-order valence-corrected chi connectivity index (χ2v) is 8.94. The summed E-state index contributed by atoms with van der Waals surface area (Å²) in [4.78, 5) is 23.0. The SMILES string of the molecule is c1ccc(Sc2nc(Nc3ncc(-c4ccccc4)s3)nc(N3CCCC3)n2)cc1. The van der Waals surface area contributed by atoms with Gasteiger partial charge >= 0.3 is 0 Å². The highest BCUT2D eigenvalue weighted by atomic mass is 32.2. The molecule has 150 valence electrons. The van der Waals surface area contributed by atoms with Crippen molar-refractivity contribution in [2.45, 2.75) is 22.9 Å². The summed E-state index contributed by atoms with van der Waals surface area (Å²) in [5, 5.41) is 4.74. The molecular formula is C22H20N6S2. The van der Waals surface area contributed by atoms with Crippen molar-refractivity contribution >= 4 is 40.1 Å². The molecule has 8 heteroatoms. The summed E-state index contributed by atoms with van der Waals surface area (Å²) < 4.78 is 0. The summed E-state index contributed by atoms with van der Waals surface area (Å²) in [6.45, 7) is 1.96. The molecule has 4 aromatic rings. The second kappa shape index (κ2) is 8.81. The van der Waals surface area contributed by atoms with Gasteiger partial charge in [0, 0.05) is 24.2 Å². The molecule has 1 saturated heterocycles. The minimum absolute atomic E-state index is 0.527. The minimum Gasteiger partial charge on any atom is -0.341 e. The van der Waals surface area contributed by atoms with E-state index in [0.717, 1.165) is 39.5 Å². The number of benzene rings is 2. The van der Waals surface area contributed by atoms with Crippen molar-refractivity contribution in [3.05, 3.63) is 66.9 Å². The van der Waals surface area contributed by atoms with E-state index >= 15 is 0 Å². The van der Waals surface area contributed by atoms with Crippen molar-refractivity contribution in [2.24, 2.45) is 0 Å². The molecule has 2 aromatic heterocycles. The summed E-state index contributed by atoms with van der Waals surface area (Å²) >= 11 is 3.13. The smallest absolute Gasteiger partial charge is 0.234 e. The van der Waals surface area contributed by atoms with Crippen LogP contribution in [0.4, 0.5) is 17.0 Å². The fourth-order valence-corrected chi connectivity index (χ4v) is 4.84. The number of nitrogens with one attached hydrogen (secondary N) is 1. The molecule has 3 heterocycles. The summed E-state index contributed by atoms with van der Waals surface area (Å²) in [6.07, 6.45) is 4.22. The zero-order chi connectivity index (χ0) is 20.2. The van der Waals surface area contributed by atoms with Gasteiger partial charge in [-0.1, -0.05) is 59.9 Å². The molecule has 0 radical (unpaired) electrons. The van der Waals surface area contributed by atoms with Crippen LogP contribution in [-0.2, 0) is 0 Å². The van der Waals surface area contributed by atoms with E-state index in [9.17, 15) is 0 Å². The number of hydrogen-bond acceptors (Lipinski definition) is 8. The molecule has 0 unspecified atom stereocenters. The van der Waals surface area contributed by atoms with Crippen LogP contribution in [0.15, 0.2) is 76.9 Å². The Balaban J connectivity index is 1.42. The van der Waals surface area contributed by atoms with Gasteiger partial charge in [0.2, 0.25) is 11.9 Å². The van der Waals surface area contributed by atoms with Gasteiger partial charge in [-0.25, -0.2) is 4.98 Å². The molecule has 5 rings (SSSR count). The van der Waals surface area contributed by atoms with Crippen LogP contribution in [0.25, 0.3) is 10.4 Å². The quantitative estimate of drug-likeness (QED) is 0.432. The average molecular weight is 433 g/mol. The van der Waals surface area contributed by atoms with Crippen LogP contribution in [-0.4, -0.2) is 33.0 Å². The third-order valence-corrected chi connectivity index (χ3v) is 6.56. The predicted molar refractivity (Wildman–Crippen MR) is 123 cm³/mol. The van der Waals surface area contributed by atoms with E-state index in [1.165, 1.54) is 12.8 Å². The Morgan fingerprint density at radius 2 is 1.60 bits per heavy atom. The number of rotatable bonds is 6. The molecule has 0 saturated carbocycles. The topological polar surface area (TPSA) is 66.8 Å². The van der Waals surface area contributed by atoms with E-state index in [0.29, 0.717) is 11.1 Å². The van der Waals surface area contributed by atoms with Crippen LogP contribution in [0.5, 0.6) is 0 Å². The first-order valence-corrected chi connectivity index (χ1v) is 11.5. The number of anilines is 3. The van der Waals surface area contributed by atoms with Crippen LogP contribution >= 0.6 is 23.1 Å². The monoisotopic (exact) mass is 432 g/mol. The van der Waals surface area contributed by atoms with Crippen LogP contribution in [0, 0.1) is 0 Å².